The van der Waals surface area contributed by atoms with Crippen LogP contribution in [0.15, 0.2) is 42.7 Å². The summed E-state index contributed by atoms with van der Waals surface area (Å²) in [6, 6.07) is 9.60. The highest BCUT2D eigenvalue weighted by Gasteiger charge is 2.10. The summed E-state index contributed by atoms with van der Waals surface area (Å²) in [5.74, 6) is -0.0115. The van der Waals surface area contributed by atoms with Crippen LogP contribution < -0.4 is 5.32 Å². The molecule has 1 N–H and O–H groups in total. The van der Waals surface area contributed by atoms with Crippen molar-refractivity contribution in [2.45, 2.75) is 13.0 Å². The number of carbonyl (C=O) groups excluding carboxylic acids is 1. The second-order valence-electron chi connectivity index (χ2n) is 5.96. The summed E-state index contributed by atoms with van der Waals surface area (Å²) >= 11 is 0. The van der Waals surface area contributed by atoms with Gasteiger partial charge in [-0.1, -0.05) is 12.1 Å². The van der Waals surface area contributed by atoms with Gasteiger partial charge in [0.25, 0.3) is 5.91 Å². The summed E-state index contributed by atoms with van der Waals surface area (Å²) in [6.07, 6.45) is 4.65. The summed E-state index contributed by atoms with van der Waals surface area (Å²) in [7, 11) is 0. The highest BCUT2D eigenvalue weighted by atomic mass is 16.5. The van der Waals surface area contributed by atoms with Crippen LogP contribution in [0.4, 0.5) is 0 Å². The van der Waals surface area contributed by atoms with Crippen molar-refractivity contribution in [3.8, 4) is 0 Å². The average molecular weight is 328 g/mol. The fourth-order valence-corrected chi connectivity index (χ4v) is 2.77. The number of hydrogen-bond donors (Lipinski definition) is 1. The minimum Gasteiger partial charge on any atom is -0.379 e. The molecule has 128 valence electrons. The number of nitrogens with zero attached hydrogens (tertiary/aromatic N) is 3. The minimum absolute atomic E-state index is 0.0115. The number of rotatable bonds is 7. The predicted molar refractivity (Wildman–Crippen MR) is 92.0 cm³/mol. The number of nitrogens with one attached hydrogen (secondary N) is 1. The molecule has 1 amide bonds. The third-order valence-corrected chi connectivity index (χ3v) is 4.16. The average Bonchev–Trinajstić information content (AvgIpc) is 3.13. The van der Waals surface area contributed by atoms with E-state index in [0.717, 1.165) is 44.8 Å². The fourth-order valence-electron chi connectivity index (χ4n) is 2.77. The minimum atomic E-state index is -0.0115. The van der Waals surface area contributed by atoms with Crippen molar-refractivity contribution < 1.29 is 9.53 Å². The first-order valence-electron chi connectivity index (χ1n) is 8.46. The van der Waals surface area contributed by atoms with Gasteiger partial charge in [-0.2, -0.15) is 5.10 Å². The number of carbonyl (C=O) groups is 1. The van der Waals surface area contributed by atoms with Gasteiger partial charge in [0.15, 0.2) is 0 Å². The van der Waals surface area contributed by atoms with Crippen LogP contribution >= 0.6 is 0 Å². The van der Waals surface area contributed by atoms with E-state index in [2.05, 4.69) is 15.3 Å². The molecular weight excluding hydrogens is 304 g/mol. The lowest BCUT2D eigenvalue weighted by molar-refractivity contribution is 0.0374. The maximum absolute atomic E-state index is 12.2. The maximum atomic E-state index is 12.2. The Morgan fingerprint density at radius 1 is 1.21 bits per heavy atom. The highest BCUT2D eigenvalue weighted by molar-refractivity contribution is 5.94. The van der Waals surface area contributed by atoms with E-state index in [1.54, 1.807) is 6.20 Å². The number of aromatic nitrogens is 2. The van der Waals surface area contributed by atoms with E-state index in [0.29, 0.717) is 18.7 Å². The Bertz CT molecular complexity index is 619. The molecule has 1 aliphatic rings. The molecule has 0 bridgehead atoms. The number of amides is 1. The Balaban J connectivity index is 1.39. The first kappa shape index (κ1) is 16.7. The van der Waals surface area contributed by atoms with E-state index in [4.69, 9.17) is 4.74 Å². The topological polar surface area (TPSA) is 59.4 Å². The van der Waals surface area contributed by atoms with Crippen LogP contribution in [0.5, 0.6) is 0 Å². The normalized spacial score (nSPS) is 15.3. The third kappa shape index (κ3) is 4.91. The molecule has 0 unspecified atom stereocenters. The molecule has 0 radical (unpaired) electrons. The molecule has 24 heavy (non-hydrogen) atoms. The van der Waals surface area contributed by atoms with Crippen LogP contribution in [0.3, 0.4) is 0 Å². The van der Waals surface area contributed by atoms with E-state index in [1.807, 2.05) is 41.2 Å². The Morgan fingerprint density at radius 3 is 2.71 bits per heavy atom. The highest BCUT2D eigenvalue weighted by Crippen LogP contribution is 2.06. The monoisotopic (exact) mass is 328 g/mol. The standard InChI is InChI=1S/C18H24N4O2/c23-18(19-7-1-9-21-11-13-24-14-12-21)17-5-3-16(4-6-17)15-22-10-2-8-20-22/h2-6,8,10H,1,7,9,11-15H2,(H,19,23). The maximum Gasteiger partial charge on any atom is 0.251 e. The molecule has 1 aromatic carbocycles. The lowest BCUT2D eigenvalue weighted by Gasteiger charge is -2.26. The van der Waals surface area contributed by atoms with Crippen molar-refractivity contribution in [2.75, 3.05) is 39.4 Å². The van der Waals surface area contributed by atoms with Crippen LogP contribution in [-0.2, 0) is 11.3 Å². The SMILES string of the molecule is O=C(NCCCN1CCOCC1)c1ccc(Cn2cccn2)cc1. The van der Waals surface area contributed by atoms with Gasteiger partial charge >= 0.3 is 0 Å². The summed E-state index contributed by atoms with van der Waals surface area (Å²) in [5, 5.41) is 7.17. The number of ether oxygens (including phenoxy) is 1. The lowest BCUT2D eigenvalue weighted by Crippen LogP contribution is -2.38. The fraction of sp³-hybridized carbons (Fsp3) is 0.444. The first-order chi connectivity index (χ1) is 11.8. The molecule has 0 atom stereocenters. The molecule has 1 saturated heterocycles. The zero-order valence-corrected chi connectivity index (χ0v) is 13.9. The van der Waals surface area contributed by atoms with Gasteiger partial charge < -0.3 is 10.1 Å². The second-order valence-corrected chi connectivity index (χ2v) is 5.96. The predicted octanol–water partition coefficient (Wildman–Crippen LogP) is 1.38. The van der Waals surface area contributed by atoms with Gasteiger partial charge in [-0.05, 0) is 36.7 Å². The zero-order valence-electron chi connectivity index (χ0n) is 13.9. The second kappa shape index (κ2) is 8.61. The molecule has 6 heteroatoms. The number of hydrogen-bond acceptors (Lipinski definition) is 4. The molecule has 2 aromatic rings. The Hall–Kier alpha value is -2.18. The molecule has 1 fully saturated rings. The molecular formula is C18H24N4O2. The molecule has 2 heterocycles. The van der Waals surface area contributed by atoms with Gasteiger partial charge in [0.05, 0.1) is 19.8 Å². The molecule has 0 spiro atoms. The van der Waals surface area contributed by atoms with E-state index < -0.39 is 0 Å². The van der Waals surface area contributed by atoms with Crippen molar-refractivity contribution in [3.05, 3.63) is 53.9 Å². The van der Waals surface area contributed by atoms with Crippen LogP contribution in [0, 0.1) is 0 Å². The molecule has 0 saturated carbocycles. The van der Waals surface area contributed by atoms with Gasteiger partial charge in [-0.3, -0.25) is 14.4 Å². The van der Waals surface area contributed by atoms with Crippen molar-refractivity contribution in [2.24, 2.45) is 0 Å². The molecule has 1 aliphatic heterocycles. The molecule has 3 rings (SSSR count). The van der Waals surface area contributed by atoms with Gasteiger partial charge in [-0.15, -0.1) is 0 Å². The summed E-state index contributed by atoms with van der Waals surface area (Å²) < 4.78 is 7.19. The summed E-state index contributed by atoms with van der Waals surface area (Å²) in [6.45, 7) is 6.04. The van der Waals surface area contributed by atoms with Crippen molar-refractivity contribution in [3.63, 3.8) is 0 Å². The Morgan fingerprint density at radius 2 is 2.00 bits per heavy atom. The van der Waals surface area contributed by atoms with Crippen LogP contribution in [0.25, 0.3) is 0 Å². The van der Waals surface area contributed by atoms with Crippen LogP contribution in [-0.4, -0.2) is 60.0 Å². The number of benzene rings is 1. The van der Waals surface area contributed by atoms with E-state index in [-0.39, 0.29) is 5.91 Å². The van der Waals surface area contributed by atoms with E-state index in [9.17, 15) is 4.79 Å². The zero-order chi connectivity index (χ0) is 16.6. The molecule has 1 aromatic heterocycles. The molecule has 6 nitrogen and oxygen atoms in total. The smallest absolute Gasteiger partial charge is 0.251 e. The number of morpholine rings is 1. The lowest BCUT2D eigenvalue weighted by atomic mass is 10.1. The Labute approximate surface area is 142 Å². The summed E-state index contributed by atoms with van der Waals surface area (Å²) in [4.78, 5) is 14.5. The van der Waals surface area contributed by atoms with Gasteiger partial charge in [0.2, 0.25) is 0 Å². The molecule has 0 aliphatic carbocycles. The van der Waals surface area contributed by atoms with Gasteiger partial charge in [0.1, 0.15) is 0 Å². The Kier molecular flexibility index (Phi) is 5.98. The largest absolute Gasteiger partial charge is 0.379 e. The third-order valence-electron chi connectivity index (χ3n) is 4.16. The van der Waals surface area contributed by atoms with Crippen molar-refractivity contribution in [1.29, 1.82) is 0 Å². The van der Waals surface area contributed by atoms with Gasteiger partial charge in [0, 0.05) is 37.6 Å². The van der Waals surface area contributed by atoms with Crippen LogP contribution in [0.2, 0.25) is 0 Å². The van der Waals surface area contributed by atoms with Crippen molar-refractivity contribution in [1.82, 2.24) is 20.0 Å². The van der Waals surface area contributed by atoms with Crippen LogP contribution in [0.1, 0.15) is 22.3 Å². The first-order valence-corrected chi connectivity index (χ1v) is 8.46. The summed E-state index contributed by atoms with van der Waals surface area (Å²) in [5.41, 5.74) is 1.83. The van der Waals surface area contributed by atoms with Gasteiger partial charge in [-0.25, -0.2) is 0 Å². The quantitative estimate of drug-likeness (QED) is 0.780. The van der Waals surface area contributed by atoms with E-state index >= 15 is 0 Å². The van der Waals surface area contributed by atoms with Crippen molar-refractivity contribution >= 4 is 5.91 Å². The van der Waals surface area contributed by atoms with E-state index in [1.165, 1.54) is 0 Å².